The second-order valence-corrected chi connectivity index (χ2v) is 8.59. The van der Waals surface area contributed by atoms with E-state index in [1.165, 1.54) is 31.1 Å². The van der Waals surface area contributed by atoms with Gasteiger partial charge in [-0.15, -0.1) is 11.3 Å². The number of carbonyl (C=O) groups is 2. The zero-order valence-electron chi connectivity index (χ0n) is 18.3. The second-order valence-electron chi connectivity index (χ2n) is 7.65. The fourth-order valence-corrected chi connectivity index (χ4v) is 4.31. The molecule has 2 aromatic carbocycles. The Morgan fingerprint density at radius 3 is 2.09 bits per heavy atom. The number of anilines is 2. The topological polar surface area (TPSA) is 67.9 Å². The van der Waals surface area contributed by atoms with E-state index in [2.05, 4.69) is 19.2 Å². The first-order chi connectivity index (χ1) is 15.4. The first-order valence-corrected chi connectivity index (χ1v) is 11.1. The van der Waals surface area contributed by atoms with Gasteiger partial charge in [0.2, 0.25) is 0 Å². The molecule has 2 heterocycles. The zero-order chi connectivity index (χ0) is 22.8. The highest BCUT2D eigenvalue weighted by Gasteiger charge is 2.41. The molecule has 0 atom stereocenters. The minimum absolute atomic E-state index is 0.247. The molecule has 1 aromatic heterocycles. The fourth-order valence-electron chi connectivity index (χ4n) is 3.55. The van der Waals surface area contributed by atoms with Crippen molar-refractivity contribution < 1.29 is 19.1 Å². The number of carbonyl (C=O) groups excluding carboxylic acids is 2. The Hall–Kier alpha value is -3.58. The van der Waals surface area contributed by atoms with Gasteiger partial charge >= 0.3 is 0 Å². The van der Waals surface area contributed by atoms with Gasteiger partial charge in [-0.05, 0) is 35.1 Å². The van der Waals surface area contributed by atoms with Crippen LogP contribution in [0.15, 0.2) is 65.7 Å². The molecule has 0 spiro atoms. The molecular weight excluding hydrogens is 424 g/mol. The van der Waals surface area contributed by atoms with E-state index in [-0.39, 0.29) is 5.70 Å². The molecule has 4 rings (SSSR count). The number of methoxy groups -OCH3 is 2. The number of nitrogens with one attached hydrogen (secondary N) is 1. The molecule has 1 aliphatic heterocycles. The highest BCUT2D eigenvalue weighted by Crippen LogP contribution is 2.38. The highest BCUT2D eigenvalue weighted by molar-refractivity contribution is 7.11. The number of nitrogens with zero attached hydrogens (tertiary/aromatic N) is 1. The highest BCUT2D eigenvalue weighted by atomic mass is 32.1. The molecule has 0 saturated carbocycles. The minimum atomic E-state index is -0.429. The van der Waals surface area contributed by atoms with Crippen molar-refractivity contribution in [2.45, 2.75) is 19.8 Å². The van der Waals surface area contributed by atoms with Crippen LogP contribution in [0.3, 0.4) is 0 Å². The van der Waals surface area contributed by atoms with Gasteiger partial charge in [0.05, 0.1) is 25.5 Å². The van der Waals surface area contributed by atoms with Crippen LogP contribution in [0.4, 0.5) is 11.4 Å². The summed E-state index contributed by atoms with van der Waals surface area (Å²) in [6.45, 7) is 4.25. The van der Waals surface area contributed by atoms with Crippen LogP contribution < -0.4 is 19.7 Å². The molecule has 32 heavy (non-hydrogen) atoms. The molecule has 7 heteroatoms. The number of amides is 2. The largest absolute Gasteiger partial charge is 0.497 e. The number of hydrogen-bond donors (Lipinski definition) is 1. The van der Waals surface area contributed by atoms with Crippen molar-refractivity contribution in [3.8, 4) is 11.5 Å². The van der Waals surface area contributed by atoms with E-state index < -0.39 is 11.8 Å². The molecule has 0 saturated heterocycles. The lowest BCUT2D eigenvalue weighted by Gasteiger charge is -2.17. The van der Waals surface area contributed by atoms with Crippen LogP contribution in [-0.4, -0.2) is 26.0 Å². The molecule has 0 fully saturated rings. The van der Waals surface area contributed by atoms with Gasteiger partial charge in [-0.1, -0.05) is 32.0 Å². The van der Waals surface area contributed by atoms with Crippen LogP contribution in [0.2, 0.25) is 0 Å². The summed E-state index contributed by atoms with van der Waals surface area (Å²) in [6, 6.07) is 16.6. The van der Waals surface area contributed by atoms with Crippen LogP contribution in [0.5, 0.6) is 11.5 Å². The Labute approximate surface area is 191 Å². The maximum atomic E-state index is 13.5. The van der Waals surface area contributed by atoms with Gasteiger partial charge < -0.3 is 14.8 Å². The average Bonchev–Trinajstić information content (AvgIpc) is 3.40. The van der Waals surface area contributed by atoms with E-state index in [0.717, 1.165) is 15.5 Å². The summed E-state index contributed by atoms with van der Waals surface area (Å²) in [6.07, 6.45) is 0. The number of rotatable bonds is 7. The summed E-state index contributed by atoms with van der Waals surface area (Å²) in [5.41, 5.74) is 2.92. The lowest BCUT2D eigenvalue weighted by molar-refractivity contribution is -0.120. The molecule has 1 aliphatic rings. The monoisotopic (exact) mass is 448 g/mol. The summed E-state index contributed by atoms with van der Waals surface area (Å²) >= 11 is 1.41. The number of ether oxygens (including phenoxy) is 2. The minimum Gasteiger partial charge on any atom is -0.497 e. The van der Waals surface area contributed by atoms with Crippen molar-refractivity contribution in [1.82, 2.24) is 0 Å². The van der Waals surface area contributed by atoms with Crippen LogP contribution in [0.1, 0.15) is 30.2 Å². The molecule has 164 valence electrons. The number of hydrogen-bond acceptors (Lipinski definition) is 6. The molecule has 0 unspecified atom stereocenters. The Morgan fingerprint density at radius 2 is 1.56 bits per heavy atom. The second kappa shape index (κ2) is 8.88. The summed E-state index contributed by atoms with van der Waals surface area (Å²) in [4.78, 5) is 28.9. The van der Waals surface area contributed by atoms with Crippen LogP contribution >= 0.6 is 11.3 Å². The standard InChI is InChI=1S/C25H24N2O4S/c1-15(2)16-7-9-17(10-8-16)26-23-22(21-6-5-11-32-21)24(28)27(25(23)29)18-12-19(30-3)14-20(13-18)31-4/h5-15,26H,1-4H3. The van der Waals surface area contributed by atoms with Crippen molar-refractivity contribution in [2.75, 3.05) is 24.4 Å². The van der Waals surface area contributed by atoms with Gasteiger partial charge in [0.25, 0.3) is 11.8 Å². The zero-order valence-corrected chi connectivity index (χ0v) is 19.2. The Morgan fingerprint density at radius 1 is 0.906 bits per heavy atom. The first kappa shape index (κ1) is 21.6. The van der Waals surface area contributed by atoms with Crippen LogP contribution in [0.25, 0.3) is 5.57 Å². The lowest BCUT2D eigenvalue weighted by Crippen LogP contribution is -2.32. The van der Waals surface area contributed by atoms with Gasteiger partial charge in [0.15, 0.2) is 0 Å². The molecule has 3 aromatic rings. The van der Waals surface area contributed by atoms with Crippen LogP contribution in [-0.2, 0) is 9.59 Å². The third-order valence-corrected chi connectivity index (χ3v) is 6.18. The van der Waals surface area contributed by atoms with Gasteiger partial charge in [-0.25, -0.2) is 4.90 Å². The maximum absolute atomic E-state index is 13.5. The van der Waals surface area contributed by atoms with Gasteiger partial charge in [0.1, 0.15) is 17.2 Å². The van der Waals surface area contributed by atoms with Crippen molar-refractivity contribution in [3.63, 3.8) is 0 Å². The average molecular weight is 449 g/mol. The fraction of sp³-hybridized carbons (Fsp3) is 0.200. The van der Waals surface area contributed by atoms with Crippen LogP contribution in [0, 0.1) is 0 Å². The van der Waals surface area contributed by atoms with E-state index in [1.54, 1.807) is 18.2 Å². The predicted molar refractivity (Wildman–Crippen MR) is 127 cm³/mol. The van der Waals surface area contributed by atoms with E-state index >= 15 is 0 Å². The van der Waals surface area contributed by atoms with E-state index in [1.807, 2.05) is 41.8 Å². The van der Waals surface area contributed by atoms with Gasteiger partial charge in [0, 0.05) is 28.8 Å². The Balaban J connectivity index is 1.76. The summed E-state index contributed by atoms with van der Waals surface area (Å²) in [7, 11) is 3.05. The quantitative estimate of drug-likeness (QED) is 0.498. The predicted octanol–water partition coefficient (Wildman–Crippen LogP) is 5.29. The summed E-state index contributed by atoms with van der Waals surface area (Å²) in [5.74, 6) is 0.556. The Bertz CT molecular complexity index is 1160. The van der Waals surface area contributed by atoms with E-state index in [9.17, 15) is 9.59 Å². The number of benzene rings is 2. The van der Waals surface area contributed by atoms with E-state index in [0.29, 0.717) is 28.7 Å². The molecular formula is C25H24N2O4S. The Kier molecular flexibility index (Phi) is 6.01. The van der Waals surface area contributed by atoms with Crippen molar-refractivity contribution >= 4 is 40.1 Å². The third-order valence-electron chi connectivity index (χ3n) is 5.29. The lowest BCUT2D eigenvalue weighted by atomic mass is 10.0. The summed E-state index contributed by atoms with van der Waals surface area (Å²) in [5, 5.41) is 5.08. The van der Waals surface area contributed by atoms with Crippen molar-refractivity contribution in [2.24, 2.45) is 0 Å². The molecule has 6 nitrogen and oxygen atoms in total. The van der Waals surface area contributed by atoms with Gasteiger partial charge in [-0.3, -0.25) is 9.59 Å². The molecule has 0 bridgehead atoms. The molecule has 1 N–H and O–H groups in total. The molecule has 0 aliphatic carbocycles. The van der Waals surface area contributed by atoms with Gasteiger partial charge in [-0.2, -0.15) is 0 Å². The van der Waals surface area contributed by atoms with Crippen molar-refractivity contribution in [3.05, 3.63) is 76.1 Å². The maximum Gasteiger partial charge on any atom is 0.282 e. The van der Waals surface area contributed by atoms with E-state index in [4.69, 9.17) is 9.47 Å². The van der Waals surface area contributed by atoms with Crippen molar-refractivity contribution in [1.29, 1.82) is 0 Å². The molecule has 2 amide bonds. The SMILES string of the molecule is COc1cc(OC)cc(N2C(=O)C(Nc3ccc(C(C)C)cc3)=C(c3cccs3)C2=O)c1. The smallest absolute Gasteiger partial charge is 0.282 e. The number of thiophene rings is 1. The molecule has 0 radical (unpaired) electrons. The first-order valence-electron chi connectivity index (χ1n) is 10.2. The third kappa shape index (κ3) is 3.99. The summed E-state index contributed by atoms with van der Waals surface area (Å²) < 4.78 is 10.6. The number of imide groups is 1. The normalized spacial score (nSPS) is 13.8.